The van der Waals surface area contributed by atoms with Gasteiger partial charge in [-0.1, -0.05) is 72.8 Å². The van der Waals surface area contributed by atoms with Gasteiger partial charge >= 0.3 is 0 Å². The molecule has 104 valence electrons. The summed E-state index contributed by atoms with van der Waals surface area (Å²) in [5.41, 5.74) is 0.879. The van der Waals surface area contributed by atoms with Crippen molar-refractivity contribution < 1.29 is 10.2 Å². The number of benzene rings is 3. The summed E-state index contributed by atoms with van der Waals surface area (Å²) in [6.07, 6.45) is 0. The van der Waals surface area contributed by atoms with E-state index in [2.05, 4.69) is 0 Å². The summed E-state index contributed by atoms with van der Waals surface area (Å²) in [5.74, 6) is 0.137. The molecule has 0 atom stereocenters. The summed E-state index contributed by atoms with van der Waals surface area (Å²) in [6, 6.07) is 25.7. The summed E-state index contributed by atoms with van der Waals surface area (Å²) in [7, 11) is 0. The molecule has 0 unspecified atom stereocenters. The Morgan fingerprint density at radius 2 is 1.05 bits per heavy atom. The van der Waals surface area contributed by atoms with E-state index in [9.17, 15) is 10.2 Å². The first-order valence-electron chi connectivity index (χ1n) is 6.84. The average molecular weight is 276 g/mol. The monoisotopic (exact) mass is 276 g/mol. The fourth-order valence-corrected chi connectivity index (χ4v) is 2.59. The van der Waals surface area contributed by atoms with Gasteiger partial charge in [0.15, 0.2) is 0 Å². The van der Waals surface area contributed by atoms with Crippen molar-refractivity contribution in [3.8, 4) is 5.75 Å². The highest BCUT2D eigenvalue weighted by molar-refractivity contribution is 5.48. The quantitative estimate of drug-likeness (QED) is 0.716. The molecular formula is C19H16O2. The van der Waals surface area contributed by atoms with Gasteiger partial charge in [0.1, 0.15) is 11.4 Å². The molecule has 0 aliphatic heterocycles. The molecule has 0 spiro atoms. The molecule has 0 aliphatic carbocycles. The van der Waals surface area contributed by atoms with Crippen LogP contribution in [0.5, 0.6) is 5.75 Å². The van der Waals surface area contributed by atoms with E-state index in [0.29, 0.717) is 5.56 Å². The number of aliphatic hydroxyl groups is 1. The van der Waals surface area contributed by atoms with Crippen LogP contribution in [0.4, 0.5) is 0 Å². The molecule has 0 radical (unpaired) electrons. The summed E-state index contributed by atoms with van der Waals surface area (Å²) in [5, 5.41) is 21.2. The lowest BCUT2D eigenvalue weighted by Crippen LogP contribution is -2.28. The van der Waals surface area contributed by atoms with Crippen molar-refractivity contribution in [2.75, 3.05) is 0 Å². The highest BCUT2D eigenvalue weighted by Gasteiger charge is 2.33. The Hall–Kier alpha value is -2.58. The van der Waals surface area contributed by atoms with Gasteiger partial charge in [0.25, 0.3) is 0 Å². The number of phenolic OH excluding ortho intramolecular Hbond substituents is 1. The number of phenols is 1. The first-order valence-corrected chi connectivity index (χ1v) is 6.84. The molecule has 0 heterocycles. The zero-order chi connectivity index (χ0) is 14.7. The Morgan fingerprint density at radius 1 is 0.571 bits per heavy atom. The van der Waals surface area contributed by atoms with E-state index in [-0.39, 0.29) is 5.75 Å². The van der Waals surface area contributed by atoms with Crippen molar-refractivity contribution in [1.29, 1.82) is 0 Å². The third-order valence-corrected chi connectivity index (χ3v) is 3.65. The van der Waals surface area contributed by atoms with Crippen molar-refractivity contribution in [3.05, 3.63) is 102 Å². The molecule has 0 fully saturated rings. The second-order valence-electron chi connectivity index (χ2n) is 4.99. The molecule has 3 rings (SSSR count). The molecule has 2 nitrogen and oxygen atoms in total. The van der Waals surface area contributed by atoms with Crippen molar-refractivity contribution in [2.24, 2.45) is 0 Å². The molecular weight excluding hydrogens is 260 g/mol. The van der Waals surface area contributed by atoms with Crippen LogP contribution < -0.4 is 0 Å². The molecule has 0 saturated heterocycles. The van der Waals surface area contributed by atoms with Crippen LogP contribution in [0.3, 0.4) is 0 Å². The molecule has 2 N–H and O–H groups in total. The van der Waals surface area contributed by atoms with E-state index in [1.165, 1.54) is 0 Å². The normalized spacial score (nSPS) is 11.3. The highest BCUT2D eigenvalue weighted by atomic mass is 16.3. The average Bonchev–Trinajstić information content (AvgIpc) is 2.56. The fraction of sp³-hybridized carbons (Fsp3) is 0.0526. The van der Waals surface area contributed by atoms with Crippen LogP contribution in [-0.4, -0.2) is 10.2 Å². The second-order valence-corrected chi connectivity index (χ2v) is 4.99. The van der Waals surface area contributed by atoms with E-state index >= 15 is 0 Å². The SMILES string of the molecule is Oc1cccc(C(O)(c2ccccc2)c2ccccc2)c1. The number of aromatic hydroxyl groups is 1. The van der Waals surface area contributed by atoms with Crippen LogP contribution >= 0.6 is 0 Å². The molecule has 0 amide bonds. The predicted molar refractivity (Wildman–Crippen MR) is 83.1 cm³/mol. The van der Waals surface area contributed by atoms with E-state index in [0.717, 1.165) is 11.1 Å². The van der Waals surface area contributed by atoms with Crippen molar-refractivity contribution in [3.63, 3.8) is 0 Å². The van der Waals surface area contributed by atoms with Crippen molar-refractivity contribution in [1.82, 2.24) is 0 Å². The number of hydrogen-bond donors (Lipinski definition) is 2. The smallest absolute Gasteiger partial charge is 0.140 e. The van der Waals surface area contributed by atoms with E-state index in [1.807, 2.05) is 66.7 Å². The molecule has 2 heteroatoms. The minimum Gasteiger partial charge on any atom is -0.508 e. The van der Waals surface area contributed by atoms with Crippen LogP contribution in [0.25, 0.3) is 0 Å². The third kappa shape index (κ3) is 2.41. The lowest BCUT2D eigenvalue weighted by atomic mass is 9.80. The van der Waals surface area contributed by atoms with E-state index in [1.54, 1.807) is 18.2 Å². The topological polar surface area (TPSA) is 40.5 Å². The van der Waals surface area contributed by atoms with Crippen LogP contribution in [0.15, 0.2) is 84.9 Å². The van der Waals surface area contributed by atoms with E-state index in [4.69, 9.17) is 0 Å². The van der Waals surface area contributed by atoms with Crippen LogP contribution in [0.1, 0.15) is 16.7 Å². The molecule has 0 aliphatic rings. The maximum atomic E-state index is 11.4. The Morgan fingerprint density at radius 3 is 1.52 bits per heavy atom. The Bertz CT molecular complexity index is 681. The molecule has 0 aromatic heterocycles. The highest BCUT2D eigenvalue weighted by Crippen LogP contribution is 2.37. The van der Waals surface area contributed by atoms with E-state index < -0.39 is 5.60 Å². The van der Waals surface area contributed by atoms with Gasteiger partial charge in [0, 0.05) is 0 Å². The largest absolute Gasteiger partial charge is 0.508 e. The molecule has 0 bridgehead atoms. The maximum absolute atomic E-state index is 11.4. The Kier molecular flexibility index (Phi) is 3.46. The molecule has 21 heavy (non-hydrogen) atoms. The lowest BCUT2D eigenvalue weighted by molar-refractivity contribution is 0.125. The summed E-state index contributed by atoms with van der Waals surface area (Å²) in [4.78, 5) is 0. The Balaban J connectivity index is 2.25. The minimum absolute atomic E-state index is 0.137. The number of rotatable bonds is 3. The zero-order valence-electron chi connectivity index (χ0n) is 11.5. The third-order valence-electron chi connectivity index (χ3n) is 3.65. The zero-order valence-corrected chi connectivity index (χ0v) is 11.5. The second kappa shape index (κ2) is 5.43. The van der Waals surface area contributed by atoms with Gasteiger partial charge in [0.2, 0.25) is 0 Å². The molecule has 3 aromatic carbocycles. The van der Waals surface area contributed by atoms with Gasteiger partial charge in [-0.05, 0) is 28.8 Å². The van der Waals surface area contributed by atoms with Crippen LogP contribution in [0, 0.1) is 0 Å². The van der Waals surface area contributed by atoms with Crippen LogP contribution in [0.2, 0.25) is 0 Å². The van der Waals surface area contributed by atoms with Gasteiger partial charge in [-0.3, -0.25) is 0 Å². The van der Waals surface area contributed by atoms with Crippen molar-refractivity contribution in [2.45, 2.75) is 5.60 Å². The van der Waals surface area contributed by atoms with Gasteiger partial charge in [-0.25, -0.2) is 0 Å². The van der Waals surface area contributed by atoms with Crippen LogP contribution in [-0.2, 0) is 5.60 Å². The molecule has 0 saturated carbocycles. The molecule has 3 aromatic rings. The van der Waals surface area contributed by atoms with Gasteiger partial charge in [-0.15, -0.1) is 0 Å². The van der Waals surface area contributed by atoms with Gasteiger partial charge < -0.3 is 10.2 Å². The maximum Gasteiger partial charge on any atom is 0.140 e. The first kappa shape index (κ1) is 13.4. The Labute approximate surface area is 123 Å². The first-order chi connectivity index (χ1) is 10.2. The minimum atomic E-state index is -1.29. The summed E-state index contributed by atoms with van der Waals surface area (Å²) in [6.45, 7) is 0. The van der Waals surface area contributed by atoms with Crippen molar-refractivity contribution >= 4 is 0 Å². The van der Waals surface area contributed by atoms with Gasteiger partial charge in [-0.2, -0.15) is 0 Å². The number of hydrogen-bond acceptors (Lipinski definition) is 2. The lowest BCUT2D eigenvalue weighted by Gasteiger charge is -2.30. The fourth-order valence-electron chi connectivity index (χ4n) is 2.59. The summed E-state index contributed by atoms with van der Waals surface area (Å²) < 4.78 is 0. The summed E-state index contributed by atoms with van der Waals surface area (Å²) >= 11 is 0. The van der Waals surface area contributed by atoms with Gasteiger partial charge in [0.05, 0.1) is 0 Å². The predicted octanol–water partition coefficient (Wildman–Crippen LogP) is 3.68. The standard InChI is InChI=1S/C19H16O2/c20-18-13-7-12-17(14-18)19(21,15-8-3-1-4-9-15)16-10-5-2-6-11-16/h1-14,20-21H.